The zero-order valence-corrected chi connectivity index (χ0v) is 14.7. The number of piperidine rings is 1. The lowest BCUT2D eigenvalue weighted by molar-refractivity contribution is 0.0992. The van der Waals surface area contributed by atoms with Gasteiger partial charge in [-0.05, 0) is 62.6 Å². The van der Waals surface area contributed by atoms with Gasteiger partial charge in [-0.3, -0.25) is 0 Å². The Morgan fingerprint density at radius 3 is 2.30 bits per heavy atom. The molecule has 1 rings (SSSR count). The van der Waals surface area contributed by atoms with Crippen molar-refractivity contribution in [2.75, 3.05) is 32.7 Å². The summed E-state index contributed by atoms with van der Waals surface area (Å²) in [6.45, 7) is 18.1. The first-order chi connectivity index (χ1) is 9.50. The van der Waals surface area contributed by atoms with Gasteiger partial charge in [0.15, 0.2) is 0 Å². The van der Waals surface area contributed by atoms with E-state index in [1.165, 1.54) is 58.3 Å². The minimum atomic E-state index is 0.453. The third-order valence-corrected chi connectivity index (χ3v) is 5.01. The summed E-state index contributed by atoms with van der Waals surface area (Å²) in [4.78, 5) is 2.72. The SMILES string of the molecule is CCCNCC(C)(CCC)CN1CCC(C(C)C)CC1. The van der Waals surface area contributed by atoms with Crippen molar-refractivity contribution in [2.45, 2.75) is 66.7 Å². The molecule has 0 aliphatic carbocycles. The Morgan fingerprint density at radius 2 is 1.80 bits per heavy atom. The van der Waals surface area contributed by atoms with E-state index >= 15 is 0 Å². The highest BCUT2D eigenvalue weighted by Gasteiger charge is 2.29. The van der Waals surface area contributed by atoms with Gasteiger partial charge in [0.25, 0.3) is 0 Å². The van der Waals surface area contributed by atoms with Gasteiger partial charge in [0.05, 0.1) is 0 Å². The number of nitrogens with one attached hydrogen (secondary N) is 1. The van der Waals surface area contributed by atoms with Crippen LogP contribution in [0.5, 0.6) is 0 Å². The summed E-state index contributed by atoms with van der Waals surface area (Å²) in [5.41, 5.74) is 0.453. The molecule has 20 heavy (non-hydrogen) atoms. The molecular formula is C18H38N2. The molecule has 1 saturated heterocycles. The highest BCUT2D eigenvalue weighted by Crippen LogP contribution is 2.29. The van der Waals surface area contributed by atoms with Gasteiger partial charge in [0, 0.05) is 13.1 Å². The predicted octanol–water partition coefficient (Wildman–Crippen LogP) is 4.16. The van der Waals surface area contributed by atoms with E-state index in [-0.39, 0.29) is 0 Å². The molecule has 1 N–H and O–H groups in total. The lowest BCUT2D eigenvalue weighted by Crippen LogP contribution is -2.45. The largest absolute Gasteiger partial charge is 0.316 e. The second-order valence-electron chi connectivity index (χ2n) is 7.60. The van der Waals surface area contributed by atoms with E-state index < -0.39 is 0 Å². The number of rotatable bonds is 9. The van der Waals surface area contributed by atoms with Crippen LogP contribution in [0, 0.1) is 17.3 Å². The molecule has 0 aromatic rings. The van der Waals surface area contributed by atoms with Crippen LogP contribution in [-0.2, 0) is 0 Å². The Kier molecular flexibility index (Phi) is 8.13. The van der Waals surface area contributed by atoms with Crippen LogP contribution in [0.15, 0.2) is 0 Å². The molecule has 120 valence electrons. The maximum Gasteiger partial charge on any atom is 0.00475 e. The molecule has 1 aliphatic rings. The molecule has 2 heteroatoms. The standard InChI is InChI=1S/C18H38N2/c1-6-10-18(5,14-19-11-7-2)15-20-12-8-17(9-13-20)16(3)4/h16-17,19H,6-15H2,1-5H3. The fourth-order valence-corrected chi connectivity index (χ4v) is 3.71. The van der Waals surface area contributed by atoms with Crippen LogP contribution in [0.4, 0.5) is 0 Å². The Balaban J connectivity index is 2.41. The van der Waals surface area contributed by atoms with Crippen LogP contribution in [-0.4, -0.2) is 37.6 Å². The van der Waals surface area contributed by atoms with Crippen molar-refractivity contribution in [3.63, 3.8) is 0 Å². The van der Waals surface area contributed by atoms with E-state index in [9.17, 15) is 0 Å². The van der Waals surface area contributed by atoms with Crippen molar-refractivity contribution in [3.05, 3.63) is 0 Å². The summed E-state index contributed by atoms with van der Waals surface area (Å²) in [5.74, 6) is 1.83. The monoisotopic (exact) mass is 282 g/mol. The van der Waals surface area contributed by atoms with Crippen LogP contribution >= 0.6 is 0 Å². The van der Waals surface area contributed by atoms with E-state index in [1.54, 1.807) is 0 Å². The number of likely N-dealkylation sites (tertiary alicyclic amines) is 1. The summed E-state index contributed by atoms with van der Waals surface area (Å²) in [5, 5.41) is 3.65. The molecule has 2 nitrogen and oxygen atoms in total. The Bertz CT molecular complexity index is 244. The first-order valence-electron chi connectivity index (χ1n) is 8.94. The Labute approximate surface area is 127 Å². The first kappa shape index (κ1) is 18.0. The van der Waals surface area contributed by atoms with Crippen molar-refractivity contribution in [3.8, 4) is 0 Å². The Hall–Kier alpha value is -0.0800. The van der Waals surface area contributed by atoms with Gasteiger partial charge in [-0.1, -0.05) is 41.0 Å². The van der Waals surface area contributed by atoms with Crippen molar-refractivity contribution in [1.82, 2.24) is 10.2 Å². The zero-order valence-electron chi connectivity index (χ0n) is 14.7. The molecule has 0 aromatic carbocycles. The summed E-state index contributed by atoms with van der Waals surface area (Å²) in [6.07, 6.45) is 6.69. The Morgan fingerprint density at radius 1 is 1.15 bits per heavy atom. The second-order valence-corrected chi connectivity index (χ2v) is 7.60. The van der Waals surface area contributed by atoms with E-state index in [0.717, 1.165) is 18.4 Å². The van der Waals surface area contributed by atoms with Gasteiger partial charge < -0.3 is 10.2 Å². The van der Waals surface area contributed by atoms with Gasteiger partial charge in [-0.25, -0.2) is 0 Å². The van der Waals surface area contributed by atoms with Crippen molar-refractivity contribution < 1.29 is 0 Å². The highest BCUT2D eigenvalue weighted by atomic mass is 15.1. The van der Waals surface area contributed by atoms with E-state index in [2.05, 4.69) is 44.8 Å². The van der Waals surface area contributed by atoms with E-state index in [1.807, 2.05) is 0 Å². The van der Waals surface area contributed by atoms with Gasteiger partial charge in [-0.15, -0.1) is 0 Å². The molecule has 0 bridgehead atoms. The van der Waals surface area contributed by atoms with E-state index in [0.29, 0.717) is 5.41 Å². The van der Waals surface area contributed by atoms with Crippen molar-refractivity contribution in [1.29, 1.82) is 0 Å². The van der Waals surface area contributed by atoms with Crippen LogP contribution < -0.4 is 5.32 Å². The molecule has 1 aliphatic heterocycles. The summed E-state index contributed by atoms with van der Waals surface area (Å²) in [6, 6.07) is 0. The maximum atomic E-state index is 3.65. The fraction of sp³-hybridized carbons (Fsp3) is 1.00. The van der Waals surface area contributed by atoms with Crippen LogP contribution in [0.3, 0.4) is 0 Å². The minimum absolute atomic E-state index is 0.453. The third kappa shape index (κ3) is 6.13. The number of nitrogens with zero attached hydrogens (tertiary/aromatic N) is 1. The van der Waals surface area contributed by atoms with Crippen LogP contribution in [0.25, 0.3) is 0 Å². The van der Waals surface area contributed by atoms with E-state index in [4.69, 9.17) is 0 Å². The fourth-order valence-electron chi connectivity index (χ4n) is 3.71. The van der Waals surface area contributed by atoms with Crippen LogP contribution in [0.2, 0.25) is 0 Å². The molecule has 0 saturated carbocycles. The maximum absolute atomic E-state index is 3.65. The molecule has 0 amide bonds. The van der Waals surface area contributed by atoms with Crippen molar-refractivity contribution >= 4 is 0 Å². The average molecular weight is 283 g/mol. The molecule has 1 atom stereocenters. The smallest absolute Gasteiger partial charge is 0.00475 e. The molecule has 0 aromatic heterocycles. The molecule has 0 spiro atoms. The van der Waals surface area contributed by atoms with Crippen LogP contribution in [0.1, 0.15) is 66.7 Å². The number of hydrogen-bond acceptors (Lipinski definition) is 2. The zero-order chi connectivity index (χ0) is 15.0. The molecule has 0 radical (unpaired) electrons. The normalized spacial score (nSPS) is 21.3. The highest BCUT2D eigenvalue weighted by molar-refractivity contribution is 4.83. The third-order valence-electron chi connectivity index (χ3n) is 5.01. The minimum Gasteiger partial charge on any atom is -0.316 e. The molecular weight excluding hydrogens is 244 g/mol. The summed E-state index contributed by atoms with van der Waals surface area (Å²) < 4.78 is 0. The molecule has 1 heterocycles. The second kappa shape index (κ2) is 9.04. The lowest BCUT2D eigenvalue weighted by Gasteiger charge is -2.40. The first-order valence-corrected chi connectivity index (χ1v) is 8.94. The summed E-state index contributed by atoms with van der Waals surface area (Å²) in [7, 11) is 0. The van der Waals surface area contributed by atoms with Gasteiger partial charge >= 0.3 is 0 Å². The number of hydrogen-bond donors (Lipinski definition) is 1. The van der Waals surface area contributed by atoms with Gasteiger partial charge in [-0.2, -0.15) is 0 Å². The molecule has 1 unspecified atom stereocenters. The van der Waals surface area contributed by atoms with Gasteiger partial charge in [0.2, 0.25) is 0 Å². The average Bonchev–Trinajstić information content (AvgIpc) is 2.39. The lowest BCUT2D eigenvalue weighted by atomic mass is 9.82. The molecule has 1 fully saturated rings. The van der Waals surface area contributed by atoms with Gasteiger partial charge in [0.1, 0.15) is 0 Å². The predicted molar refractivity (Wildman–Crippen MR) is 90.2 cm³/mol. The summed E-state index contributed by atoms with van der Waals surface area (Å²) >= 11 is 0. The quantitative estimate of drug-likeness (QED) is 0.639. The van der Waals surface area contributed by atoms with Crippen molar-refractivity contribution in [2.24, 2.45) is 17.3 Å². The topological polar surface area (TPSA) is 15.3 Å².